The third kappa shape index (κ3) is 7.47. The van der Waals surface area contributed by atoms with E-state index in [2.05, 4.69) is 10.6 Å². The standard InChI is InChI=1S/C14H22F2N2O2S/c1-9(2)6-18-13(19)10(3)17-7-11-4-5-12(20-11)8-21-14(15)16/h4-5,9-10,14,17H,6-8H2,1-3H3,(H,18,19). The van der Waals surface area contributed by atoms with Gasteiger partial charge in [0.25, 0.3) is 5.76 Å². The summed E-state index contributed by atoms with van der Waals surface area (Å²) in [5, 5.41) is 5.88. The molecule has 1 atom stereocenters. The van der Waals surface area contributed by atoms with Gasteiger partial charge >= 0.3 is 0 Å². The van der Waals surface area contributed by atoms with Crippen molar-refractivity contribution < 1.29 is 18.0 Å². The van der Waals surface area contributed by atoms with E-state index in [9.17, 15) is 13.6 Å². The van der Waals surface area contributed by atoms with E-state index in [1.165, 1.54) is 0 Å². The molecule has 2 N–H and O–H groups in total. The van der Waals surface area contributed by atoms with Crippen molar-refractivity contribution in [1.82, 2.24) is 10.6 Å². The summed E-state index contributed by atoms with van der Waals surface area (Å²) < 4.78 is 29.5. The number of nitrogens with one attached hydrogen (secondary N) is 2. The average Bonchev–Trinajstić information content (AvgIpc) is 2.87. The van der Waals surface area contributed by atoms with E-state index in [0.717, 1.165) is 0 Å². The number of rotatable bonds is 9. The van der Waals surface area contributed by atoms with Crippen molar-refractivity contribution in [2.45, 2.75) is 44.9 Å². The fourth-order valence-corrected chi connectivity index (χ4v) is 1.99. The highest BCUT2D eigenvalue weighted by Gasteiger charge is 2.13. The van der Waals surface area contributed by atoms with Crippen LogP contribution in [0.4, 0.5) is 8.78 Å². The summed E-state index contributed by atoms with van der Waals surface area (Å²) in [6, 6.07) is 3.07. The molecule has 1 heterocycles. The molecule has 0 bridgehead atoms. The maximum atomic E-state index is 12.1. The molecular weight excluding hydrogens is 298 g/mol. The fraction of sp³-hybridized carbons (Fsp3) is 0.643. The summed E-state index contributed by atoms with van der Waals surface area (Å²) in [4.78, 5) is 11.8. The second-order valence-electron chi connectivity index (χ2n) is 5.18. The number of halogens is 2. The molecule has 0 radical (unpaired) electrons. The molecule has 4 nitrogen and oxygen atoms in total. The summed E-state index contributed by atoms with van der Waals surface area (Å²) in [6.45, 7) is 6.85. The summed E-state index contributed by atoms with van der Waals surface area (Å²) >= 11 is 0.525. The lowest BCUT2D eigenvalue weighted by Gasteiger charge is -2.14. The molecule has 0 aliphatic rings. The smallest absolute Gasteiger partial charge is 0.284 e. The first kappa shape index (κ1) is 18.0. The Labute approximate surface area is 128 Å². The average molecular weight is 320 g/mol. The second-order valence-corrected chi connectivity index (χ2v) is 6.16. The molecule has 1 aromatic heterocycles. The molecule has 0 aromatic carbocycles. The maximum absolute atomic E-state index is 12.1. The molecule has 1 unspecified atom stereocenters. The lowest BCUT2D eigenvalue weighted by Crippen LogP contribution is -2.42. The fourth-order valence-electron chi connectivity index (χ4n) is 1.54. The molecular formula is C14H22F2N2O2S. The maximum Gasteiger partial charge on any atom is 0.284 e. The monoisotopic (exact) mass is 320 g/mol. The molecule has 7 heteroatoms. The van der Waals surface area contributed by atoms with Crippen LogP contribution >= 0.6 is 11.8 Å². The van der Waals surface area contributed by atoms with Gasteiger partial charge in [-0.1, -0.05) is 25.6 Å². The van der Waals surface area contributed by atoms with Gasteiger partial charge in [0.2, 0.25) is 5.91 Å². The SMILES string of the molecule is CC(C)CNC(=O)C(C)NCc1ccc(CSC(F)F)o1. The van der Waals surface area contributed by atoms with Crippen LogP contribution in [0.3, 0.4) is 0 Å². The zero-order valence-electron chi connectivity index (χ0n) is 12.5. The van der Waals surface area contributed by atoms with E-state index in [1.807, 2.05) is 13.8 Å². The first-order valence-electron chi connectivity index (χ1n) is 6.87. The quantitative estimate of drug-likeness (QED) is 0.734. The zero-order valence-corrected chi connectivity index (χ0v) is 13.3. The number of carbonyl (C=O) groups excluding carboxylic acids is 1. The Morgan fingerprint density at radius 3 is 2.57 bits per heavy atom. The number of hydrogen-bond donors (Lipinski definition) is 2. The van der Waals surface area contributed by atoms with E-state index < -0.39 is 5.76 Å². The van der Waals surface area contributed by atoms with Gasteiger partial charge in [0.1, 0.15) is 11.5 Å². The summed E-state index contributed by atoms with van der Waals surface area (Å²) in [5.74, 6) is -0.786. The van der Waals surface area contributed by atoms with E-state index in [0.29, 0.717) is 42.3 Å². The van der Waals surface area contributed by atoms with Crippen LogP contribution in [-0.4, -0.2) is 24.3 Å². The lowest BCUT2D eigenvalue weighted by molar-refractivity contribution is -0.122. The predicted molar refractivity (Wildman–Crippen MR) is 80.2 cm³/mol. The first-order chi connectivity index (χ1) is 9.88. The predicted octanol–water partition coefficient (Wildman–Crippen LogP) is 2.99. The van der Waals surface area contributed by atoms with Crippen LogP contribution in [0.1, 0.15) is 32.3 Å². The first-order valence-corrected chi connectivity index (χ1v) is 7.91. The van der Waals surface area contributed by atoms with Crippen LogP contribution in [0.2, 0.25) is 0 Å². The van der Waals surface area contributed by atoms with Crippen LogP contribution in [0.5, 0.6) is 0 Å². The minimum absolute atomic E-state index is 0.0660. The van der Waals surface area contributed by atoms with Gasteiger partial charge in [-0.05, 0) is 25.0 Å². The highest BCUT2D eigenvalue weighted by Crippen LogP contribution is 2.21. The zero-order chi connectivity index (χ0) is 15.8. The molecule has 0 aliphatic carbocycles. The van der Waals surface area contributed by atoms with Crippen LogP contribution in [0.15, 0.2) is 16.5 Å². The summed E-state index contributed by atoms with van der Waals surface area (Å²) in [7, 11) is 0. The molecule has 0 aliphatic heterocycles. The van der Waals surface area contributed by atoms with Gasteiger partial charge in [-0.15, -0.1) is 0 Å². The normalized spacial score (nSPS) is 12.9. The van der Waals surface area contributed by atoms with Crippen LogP contribution in [0, 0.1) is 5.92 Å². The minimum Gasteiger partial charge on any atom is -0.464 e. The van der Waals surface area contributed by atoms with Crippen molar-refractivity contribution in [2.75, 3.05) is 6.54 Å². The Bertz CT molecular complexity index is 438. The molecule has 1 rings (SSSR count). The Kier molecular flexibility index (Phi) is 7.74. The molecule has 0 spiro atoms. The largest absolute Gasteiger partial charge is 0.464 e. The highest BCUT2D eigenvalue weighted by molar-refractivity contribution is 7.98. The van der Waals surface area contributed by atoms with E-state index in [-0.39, 0.29) is 17.7 Å². The van der Waals surface area contributed by atoms with Gasteiger partial charge < -0.3 is 9.73 Å². The molecule has 120 valence electrons. The Hall–Kier alpha value is -1.08. The van der Waals surface area contributed by atoms with Crippen molar-refractivity contribution in [2.24, 2.45) is 5.92 Å². The highest BCUT2D eigenvalue weighted by atomic mass is 32.2. The van der Waals surface area contributed by atoms with Crippen LogP contribution < -0.4 is 10.6 Å². The molecule has 0 saturated heterocycles. The van der Waals surface area contributed by atoms with Crippen molar-refractivity contribution in [1.29, 1.82) is 0 Å². The molecule has 0 saturated carbocycles. The summed E-state index contributed by atoms with van der Waals surface area (Å²) in [6.07, 6.45) is 0. The second kappa shape index (κ2) is 9.04. The molecule has 21 heavy (non-hydrogen) atoms. The van der Waals surface area contributed by atoms with Crippen molar-refractivity contribution in [3.8, 4) is 0 Å². The van der Waals surface area contributed by atoms with E-state index in [1.54, 1.807) is 19.1 Å². The number of hydrogen-bond acceptors (Lipinski definition) is 4. The van der Waals surface area contributed by atoms with Crippen LogP contribution in [-0.2, 0) is 17.1 Å². The van der Waals surface area contributed by atoms with Crippen molar-refractivity contribution in [3.05, 3.63) is 23.7 Å². The topological polar surface area (TPSA) is 54.3 Å². The lowest BCUT2D eigenvalue weighted by atomic mass is 10.2. The van der Waals surface area contributed by atoms with Gasteiger partial charge in [0.15, 0.2) is 0 Å². The third-order valence-corrected chi connectivity index (χ3v) is 3.43. The van der Waals surface area contributed by atoms with Gasteiger partial charge in [-0.3, -0.25) is 10.1 Å². The van der Waals surface area contributed by atoms with E-state index >= 15 is 0 Å². The Balaban J connectivity index is 2.32. The number of furan rings is 1. The number of thioether (sulfide) groups is 1. The number of amides is 1. The van der Waals surface area contributed by atoms with Gasteiger partial charge in [0.05, 0.1) is 18.3 Å². The Morgan fingerprint density at radius 1 is 1.29 bits per heavy atom. The van der Waals surface area contributed by atoms with Crippen molar-refractivity contribution in [3.63, 3.8) is 0 Å². The van der Waals surface area contributed by atoms with E-state index in [4.69, 9.17) is 4.42 Å². The van der Waals surface area contributed by atoms with Gasteiger partial charge in [-0.25, -0.2) is 0 Å². The number of carbonyl (C=O) groups is 1. The molecule has 0 fully saturated rings. The van der Waals surface area contributed by atoms with Gasteiger partial charge in [0, 0.05) is 6.54 Å². The molecule has 1 amide bonds. The molecule has 1 aromatic rings. The van der Waals surface area contributed by atoms with Crippen LogP contribution in [0.25, 0.3) is 0 Å². The van der Waals surface area contributed by atoms with Crippen molar-refractivity contribution >= 4 is 17.7 Å². The number of alkyl halides is 2. The third-order valence-electron chi connectivity index (χ3n) is 2.73. The minimum atomic E-state index is -2.40. The summed E-state index contributed by atoms with van der Waals surface area (Å²) in [5.41, 5.74) is 0. The van der Waals surface area contributed by atoms with Gasteiger partial charge in [-0.2, -0.15) is 8.78 Å². The Morgan fingerprint density at radius 2 is 1.95 bits per heavy atom.